The smallest absolute Gasteiger partial charge is 0.293 e. The molecule has 1 fully saturated rings. The quantitative estimate of drug-likeness (QED) is 0.620. The summed E-state index contributed by atoms with van der Waals surface area (Å²) in [4.78, 5) is 14.8. The highest BCUT2D eigenvalue weighted by molar-refractivity contribution is 7.89. The van der Waals surface area contributed by atoms with Crippen molar-refractivity contribution < 1.29 is 13.3 Å². The third-order valence-electron chi connectivity index (χ3n) is 4.92. The number of likely N-dealkylation sites (N-methyl/N-ethyl adjacent to an activating group) is 1. The molecule has 27 heavy (non-hydrogen) atoms. The highest BCUT2D eigenvalue weighted by Gasteiger charge is 2.28. The number of nitro benzene ring substituents is 1. The minimum Gasteiger partial charge on any atom is -0.369 e. The Hall–Kier alpha value is -2.65. The van der Waals surface area contributed by atoms with Crippen LogP contribution in [0.1, 0.15) is 12.8 Å². The average molecular weight is 390 g/mol. The van der Waals surface area contributed by atoms with Crippen LogP contribution < -0.4 is 14.9 Å². The van der Waals surface area contributed by atoms with E-state index in [4.69, 9.17) is 5.14 Å². The molecule has 0 saturated carbocycles. The molecule has 1 saturated heterocycles. The molecule has 0 aromatic heterocycles. The van der Waals surface area contributed by atoms with Crippen molar-refractivity contribution in [2.75, 3.05) is 29.9 Å². The predicted molar refractivity (Wildman–Crippen MR) is 105 cm³/mol. The van der Waals surface area contributed by atoms with E-state index in [1.807, 2.05) is 35.2 Å². The molecule has 2 N–H and O–H groups in total. The number of anilines is 2. The van der Waals surface area contributed by atoms with Crippen molar-refractivity contribution in [2.45, 2.75) is 23.8 Å². The van der Waals surface area contributed by atoms with E-state index >= 15 is 0 Å². The molecular formula is C18H22N4O4S. The topological polar surface area (TPSA) is 110 Å². The lowest BCUT2D eigenvalue weighted by Gasteiger charge is -2.39. The van der Waals surface area contributed by atoms with Gasteiger partial charge in [0.2, 0.25) is 10.0 Å². The third-order valence-corrected chi connectivity index (χ3v) is 5.83. The van der Waals surface area contributed by atoms with Gasteiger partial charge in [-0.05, 0) is 37.1 Å². The fraction of sp³-hybridized carbons (Fsp3) is 0.333. The van der Waals surface area contributed by atoms with Crippen LogP contribution in [-0.4, -0.2) is 39.5 Å². The van der Waals surface area contributed by atoms with Gasteiger partial charge < -0.3 is 9.80 Å². The largest absolute Gasteiger partial charge is 0.369 e. The zero-order valence-electron chi connectivity index (χ0n) is 15.0. The molecule has 1 aliphatic rings. The van der Waals surface area contributed by atoms with Gasteiger partial charge in [0, 0.05) is 37.9 Å². The van der Waals surface area contributed by atoms with E-state index in [0.717, 1.165) is 37.7 Å². The Labute approximate surface area is 158 Å². The Bertz CT molecular complexity index is 934. The fourth-order valence-electron chi connectivity index (χ4n) is 3.47. The molecule has 9 heteroatoms. The molecule has 1 heterocycles. The summed E-state index contributed by atoms with van der Waals surface area (Å²) in [5.41, 5.74) is 1.24. The zero-order valence-corrected chi connectivity index (χ0v) is 15.8. The van der Waals surface area contributed by atoms with Crippen molar-refractivity contribution in [1.29, 1.82) is 0 Å². The van der Waals surface area contributed by atoms with Gasteiger partial charge in [-0.2, -0.15) is 0 Å². The number of sulfonamides is 1. The van der Waals surface area contributed by atoms with Crippen LogP contribution >= 0.6 is 0 Å². The maximum Gasteiger partial charge on any atom is 0.293 e. The second-order valence-electron chi connectivity index (χ2n) is 6.64. The molecular weight excluding hydrogens is 368 g/mol. The van der Waals surface area contributed by atoms with Gasteiger partial charge in [0.25, 0.3) is 5.69 Å². The van der Waals surface area contributed by atoms with E-state index in [-0.39, 0.29) is 16.6 Å². The normalized spacial score (nSPS) is 17.6. The predicted octanol–water partition coefficient (Wildman–Crippen LogP) is 2.35. The fourth-order valence-corrected chi connectivity index (χ4v) is 4.00. The molecule has 0 radical (unpaired) electrons. The lowest BCUT2D eigenvalue weighted by molar-refractivity contribution is -0.384. The number of nitrogens with zero attached hydrogens (tertiary/aromatic N) is 3. The number of nitro groups is 1. The molecule has 0 aliphatic carbocycles. The Morgan fingerprint density at radius 2 is 1.93 bits per heavy atom. The van der Waals surface area contributed by atoms with Gasteiger partial charge in [-0.1, -0.05) is 18.2 Å². The van der Waals surface area contributed by atoms with Crippen LogP contribution in [0.15, 0.2) is 53.4 Å². The molecule has 1 atom stereocenters. The van der Waals surface area contributed by atoms with Crippen LogP contribution in [-0.2, 0) is 10.0 Å². The summed E-state index contributed by atoms with van der Waals surface area (Å²) in [6.45, 7) is 1.66. The van der Waals surface area contributed by atoms with Crippen molar-refractivity contribution in [3.63, 3.8) is 0 Å². The van der Waals surface area contributed by atoms with Crippen LogP contribution in [0.3, 0.4) is 0 Å². The number of rotatable bonds is 5. The van der Waals surface area contributed by atoms with E-state index in [9.17, 15) is 18.5 Å². The standard InChI is InChI=1S/C18H22N4O4S/c1-20(15-8-5-11-21(13-15)14-6-3-2-4-7-14)17-10-9-16(27(19,25)26)12-18(17)22(23)24/h2-4,6-7,9-10,12,15H,5,8,11,13H2,1H3,(H2,19,25,26). The molecule has 1 aliphatic heterocycles. The lowest BCUT2D eigenvalue weighted by Crippen LogP contribution is -2.47. The minimum absolute atomic E-state index is 0.0676. The van der Waals surface area contributed by atoms with E-state index in [2.05, 4.69) is 4.90 Å². The number of para-hydroxylation sites is 1. The van der Waals surface area contributed by atoms with Crippen molar-refractivity contribution in [3.05, 3.63) is 58.6 Å². The second-order valence-corrected chi connectivity index (χ2v) is 8.20. The summed E-state index contributed by atoms with van der Waals surface area (Å²) in [5, 5.41) is 16.6. The van der Waals surface area contributed by atoms with E-state index in [1.165, 1.54) is 12.1 Å². The summed E-state index contributed by atoms with van der Waals surface area (Å²) in [5.74, 6) is 0. The Morgan fingerprint density at radius 3 is 2.56 bits per heavy atom. The Morgan fingerprint density at radius 1 is 1.22 bits per heavy atom. The number of nitrogens with two attached hydrogens (primary N) is 1. The molecule has 1 unspecified atom stereocenters. The van der Waals surface area contributed by atoms with Crippen LogP contribution in [0.2, 0.25) is 0 Å². The van der Waals surface area contributed by atoms with E-state index in [1.54, 1.807) is 7.05 Å². The van der Waals surface area contributed by atoms with E-state index < -0.39 is 14.9 Å². The summed E-state index contributed by atoms with van der Waals surface area (Å²) in [6, 6.07) is 13.9. The summed E-state index contributed by atoms with van der Waals surface area (Å²) >= 11 is 0. The van der Waals surface area contributed by atoms with Crippen molar-refractivity contribution >= 4 is 27.1 Å². The van der Waals surface area contributed by atoms with E-state index in [0.29, 0.717) is 5.69 Å². The summed E-state index contributed by atoms with van der Waals surface area (Å²) in [7, 11) is -2.20. The first-order chi connectivity index (χ1) is 12.8. The van der Waals surface area contributed by atoms with Crippen molar-refractivity contribution in [1.82, 2.24) is 0 Å². The Balaban J connectivity index is 1.88. The highest BCUT2D eigenvalue weighted by Crippen LogP contribution is 2.33. The number of primary sulfonamides is 1. The molecule has 0 spiro atoms. The third kappa shape index (κ3) is 4.20. The summed E-state index contributed by atoms with van der Waals surface area (Å²) in [6.07, 6.45) is 1.86. The lowest BCUT2D eigenvalue weighted by atomic mass is 10.0. The molecule has 3 rings (SSSR count). The molecule has 2 aromatic carbocycles. The van der Waals surface area contributed by atoms with Gasteiger partial charge in [-0.25, -0.2) is 13.6 Å². The van der Waals surface area contributed by atoms with Crippen LogP contribution in [0.4, 0.5) is 17.1 Å². The molecule has 2 aromatic rings. The van der Waals surface area contributed by atoms with Crippen molar-refractivity contribution in [3.8, 4) is 0 Å². The number of hydrogen-bond donors (Lipinski definition) is 1. The summed E-state index contributed by atoms with van der Waals surface area (Å²) < 4.78 is 23.1. The Kier molecular flexibility index (Phi) is 5.33. The maximum absolute atomic E-state index is 11.5. The molecule has 8 nitrogen and oxygen atoms in total. The maximum atomic E-state index is 11.5. The molecule has 0 bridgehead atoms. The molecule has 0 amide bonds. The first kappa shape index (κ1) is 19.1. The van der Waals surface area contributed by atoms with Gasteiger partial charge in [-0.15, -0.1) is 0 Å². The number of hydrogen-bond acceptors (Lipinski definition) is 6. The first-order valence-electron chi connectivity index (χ1n) is 8.61. The van der Waals surface area contributed by atoms with Gasteiger partial charge >= 0.3 is 0 Å². The van der Waals surface area contributed by atoms with Crippen LogP contribution in [0.25, 0.3) is 0 Å². The van der Waals surface area contributed by atoms with Gasteiger partial charge in [0.1, 0.15) is 5.69 Å². The van der Waals surface area contributed by atoms with Gasteiger partial charge in [-0.3, -0.25) is 10.1 Å². The number of benzene rings is 2. The first-order valence-corrected chi connectivity index (χ1v) is 10.2. The van der Waals surface area contributed by atoms with Crippen LogP contribution in [0.5, 0.6) is 0 Å². The van der Waals surface area contributed by atoms with Crippen LogP contribution in [0, 0.1) is 10.1 Å². The minimum atomic E-state index is -4.00. The monoisotopic (exact) mass is 390 g/mol. The SMILES string of the molecule is CN(c1ccc(S(N)(=O)=O)cc1[N+](=O)[O-])C1CCCN(c2ccccc2)C1. The van der Waals surface area contributed by atoms with Gasteiger partial charge in [0.15, 0.2) is 0 Å². The second kappa shape index (κ2) is 7.53. The zero-order chi connectivity index (χ0) is 19.6. The highest BCUT2D eigenvalue weighted by atomic mass is 32.2. The van der Waals surface area contributed by atoms with Crippen molar-refractivity contribution in [2.24, 2.45) is 5.14 Å². The van der Waals surface area contributed by atoms with Gasteiger partial charge in [0.05, 0.1) is 9.82 Å². The average Bonchev–Trinajstić information content (AvgIpc) is 2.67. The number of piperidine rings is 1. The molecule has 144 valence electrons.